The summed E-state index contributed by atoms with van der Waals surface area (Å²) in [4.78, 5) is 42.8. The van der Waals surface area contributed by atoms with Crippen LogP contribution in [0.1, 0.15) is 64.5 Å². The van der Waals surface area contributed by atoms with Crippen molar-refractivity contribution in [1.82, 2.24) is 20.9 Å². The van der Waals surface area contributed by atoms with Crippen LogP contribution in [0.15, 0.2) is 54.6 Å². The summed E-state index contributed by atoms with van der Waals surface area (Å²) < 4.78 is 10.3. The lowest BCUT2D eigenvalue weighted by molar-refractivity contribution is -0.145. The molecule has 254 valence electrons. The fourth-order valence-corrected chi connectivity index (χ4v) is 6.28. The minimum absolute atomic E-state index is 0.144. The molecule has 3 amide bonds. The number of nitrogens with zero attached hydrogens (tertiary/aromatic N) is 1. The molecule has 0 aliphatic carbocycles. The number of hydrogen-bond donors (Lipinski definition) is 4. The molecule has 5 atom stereocenters. The Morgan fingerprint density at radius 2 is 1.76 bits per heavy atom. The average Bonchev–Trinajstić information content (AvgIpc) is 3.36. The van der Waals surface area contributed by atoms with Crippen molar-refractivity contribution in [3.05, 3.63) is 65.7 Å². The molecule has 1 unspecified atom stereocenters. The largest absolute Gasteiger partial charge is 0.497 e. The molecule has 0 aromatic heterocycles. The third-order valence-electron chi connectivity index (χ3n) is 9.04. The molecule has 4 N–H and O–H groups in total. The molecule has 0 radical (unpaired) electrons. The monoisotopic (exact) mass is 638 g/mol. The van der Waals surface area contributed by atoms with Gasteiger partial charge in [0, 0.05) is 26.7 Å². The number of likely N-dealkylation sites (tertiary alicyclic amines) is 1. The summed E-state index contributed by atoms with van der Waals surface area (Å²) in [5.41, 5.74) is 0.970. The van der Waals surface area contributed by atoms with Crippen LogP contribution in [0.2, 0.25) is 0 Å². The molecular weight excluding hydrogens is 584 g/mol. The maximum Gasteiger partial charge on any atom is 0.249 e. The van der Waals surface area contributed by atoms with E-state index in [1.165, 1.54) is 7.11 Å². The molecule has 10 heteroatoms. The molecule has 1 aliphatic rings. The van der Waals surface area contributed by atoms with Gasteiger partial charge in [0.15, 0.2) is 0 Å². The highest BCUT2D eigenvalue weighted by molar-refractivity contribution is 5.97. The minimum atomic E-state index is -1.11. The van der Waals surface area contributed by atoms with E-state index >= 15 is 0 Å². The number of rotatable bonds is 19. The van der Waals surface area contributed by atoms with Gasteiger partial charge in [-0.05, 0) is 60.8 Å². The van der Waals surface area contributed by atoms with Gasteiger partial charge in [0.1, 0.15) is 23.9 Å². The van der Waals surface area contributed by atoms with Gasteiger partial charge < -0.3 is 35.4 Å². The minimum Gasteiger partial charge on any atom is -0.497 e. The normalized spacial score (nSPS) is 19.0. The first-order valence-electron chi connectivity index (χ1n) is 16.5. The number of benzene rings is 2. The standard InChI is InChI=1S/C36H54N4O6/c1-7-26(4)36(39-33(42)24-45-5)18-19-40(35(36)44)31(17-16-27-12-9-8-10-13-27)34(43)38-30(20-25(2)3)32(41)23-37-22-28-14-11-15-29(21-28)46-6/h8-15,21,25-26,30-32,37,41H,7,16-20,22-24H2,1-6H3,(H,38,43)(H,39,42)/t26-,30-,31-,32+,36?/m0/s1. The molecule has 1 saturated heterocycles. The number of aryl methyl sites for hydroxylation is 1. The Hall–Kier alpha value is -3.47. The Morgan fingerprint density at radius 1 is 1.04 bits per heavy atom. The van der Waals surface area contributed by atoms with Gasteiger partial charge in [0.25, 0.3) is 0 Å². The molecule has 1 fully saturated rings. The lowest BCUT2D eigenvalue weighted by Gasteiger charge is -2.36. The van der Waals surface area contributed by atoms with Crippen LogP contribution in [0.5, 0.6) is 5.75 Å². The van der Waals surface area contributed by atoms with Crippen LogP contribution in [0, 0.1) is 11.8 Å². The van der Waals surface area contributed by atoms with Crippen molar-refractivity contribution >= 4 is 17.7 Å². The Kier molecular flexibility index (Phi) is 14.5. The topological polar surface area (TPSA) is 129 Å². The van der Waals surface area contributed by atoms with Gasteiger partial charge in [0.2, 0.25) is 17.7 Å². The van der Waals surface area contributed by atoms with Crippen molar-refractivity contribution in [2.24, 2.45) is 11.8 Å². The number of hydrogen-bond acceptors (Lipinski definition) is 7. The Bertz CT molecular complexity index is 1260. The molecule has 0 bridgehead atoms. The Balaban J connectivity index is 1.81. The van der Waals surface area contributed by atoms with Crippen LogP contribution < -0.4 is 20.7 Å². The number of carbonyl (C=O) groups excluding carboxylic acids is 3. The van der Waals surface area contributed by atoms with Crippen LogP contribution in [-0.2, 0) is 32.1 Å². The number of aliphatic hydroxyl groups excluding tert-OH is 1. The number of aliphatic hydroxyl groups is 1. The summed E-state index contributed by atoms with van der Waals surface area (Å²) in [6.07, 6.45) is 1.79. The van der Waals surface area contributed by atoms with Gasteiger partial charge >= 0.3 is 0 Å². The predicted molar refractivity (Wildman–Crippen MR) is 179 cm³/mol. The number of nitrogens with one attached hydrogen (secondary N) is 3. The Morgan fingerprint density at radius 3 is 2.41 bits per heavy atom. The number of carbonyl (C=O) groups is 3. The number of amides is 3. The number of methoxy groups -OCH3 is 2. The van der Waals surface area contributed by atoms with Gasteiger partial charge in [-0.15, -0.1) is 0 Å². The third kappa shape index (κ3) is 10.0. The molecule has 3 rings (SSSR count). The summed E-state index contributed by atoms with van der Waals surface area (Å²) in [5, 5.41) is 20.7. The van der Waals surface area contributed by atoms with Gasteiger partial charge in [-0.25, -0.2) is 0 Å². The van der Waals surface area contributed by atoms with Crippen LogP contribution >= 0.6 is 0 Å². The zero-order valence-corrected chi connectivity index (χ0v) is 28.4. The zero-order chi connectivity index (χ0) is 33.7. The second-order valence-electron chi connectivity index (χ2n) is 12.8. The highest BCUT2D eigenvalue weighted by atomic mass is 16.5. The van der Waals surface area contributed by atoms with Crippen molar-refractivity contribution in [1.29, 1.82) is 0 Å². The fourth-order valence-electron chi connectivity index (χ4n) is 6.28. The molecule has 1 aliphatic heterocycles. The van der Waals surface area contributed by atoms with E-state index in [9.17, 15) is 19.5 Å². The molecule has 46 heavy (non-hydrogen) atoms. The first-order valence-corrected chi connectivity index (χ1v) is 16.5. The van der Waals surface area contributed by atoms with Crippen LogP contribution in [0.25, 0.3) is 0 Å². The van der Waals surface area contributed by atoms with Crippen molar-refractivity contribution < 1.29 is 29.0 Å². The van der Waals surface area contributed by atoms with E-state index in [-0.39, 0.29) is 42.7 Å². The molecule has 2 aromatic carbocycles. The molecule has 0 saturated carbocycles. The van der Waals surface area contributed by atoms with E-state index in [1.807, 2.05) is 68.4 Å². The summed E-state index contributed by atoms with van der Waals surface area (Å²) in [5.74, 6) is -0.0768. The lowest BCUT2D eigenvalue weighted by atomic mass is 9.81. The van der Waals surface area contributed by atoms with Crippen molar-refractivity contribution in [3.8, 4) is 5.75 Å². The number of ether oxygens (including phenoxy) is 2. The summed E-state index contributed by atoms with van der Waals surface area (Å²) in [6.45, 7) is 9.05. The average molecular weight is 639 g/mol. The van der Waals surface area contributed by atoms with Crippen LogP contribution in [0.3, 0.4) is 0 Å². The van der Waals surface area contributed by atoms with E-state index < -0.39 is 23.7 Å². The van der Waals surface area contributed by atoms with Gasteiger partial charge in [0.05, 0.1) is 19.3 Å². The van der Waals surface area contributed by atoms with E-state index in [1.54, 1.807) is 12.0 Å². The highest BCUT2D eigenvalue weighted by Gasteiger charge is 2.53. The second-order valence-corrected chi connectivity index (χ2v) is 12.8. The van der Waals surface area contributed by atoms with E-state index in [0.717, 1.165) is 16.9 Å². The summed E-state index contributed by atoms with van der Waals surface area (Å²) in [6, 6.07) is 16.3. The lowest BCUT2D eigenvalue weighted by Crippen LogP contribution is -2.61. The smallest absolute Gasteiger partial charge is 0.249 e. The summed E-state index contributed by atoms with van der Waals surface area (Å²) >= 11 is 0. The summed E-state index contributed by atoms with van der Waals surface area (Å²) in [7, 11) is 3.07. The Labute approximate surface area is 274 Å². The van der Waals surface area contributed by atoms with Crippen LogP contribution in [-0.4, -0.2) is 85.4 Å². The van der Waals surface area contributed by atoms with Crippen molar-refractivity contribution in [3.63, 3.8) is 0 Å². The van der Waals surface area contributed by atoms with Gasteiger partial charge in [-0.1, -0.05) is 76.6 Å². The molecule has 2 aromatic rings. The predicted octanol–water partition coefficient (Wildman–Crippen LogP) is 3.46. The second kappa shape index (κ2) is 18.0. The van der Waals surface area contributed by atoms with Gasteiger partial charge in [-0.3, -0.25) is 14.4 Å². The maximum atomic E-state index is 14.3. The molecule has 0 spiro atoms. The highest BCUT2D eigenvalue weighted by Crippen LogP contribution is 2.34. The first-order chi connectivity index (χ1) is 22.0. The van der Waals surface area contributed by atoms with Gasteiger partial charge in [-0.2, -0.15) is 0 Å². The zero-order valence-electron chi connectivity index (χ0n) is 28.4. The van der Waals surface area contributed by atoms with E-state index in [0.29, 0.717) is 45.2 Å². The fraction of sp³-hybridized carbons (Fsp3) is 0.583. The maximum absolute atomic E-state index is 14.3. The molecular formula is C36H54N4O6. The van der Waals surface area contributed by atoms with Crippen molar-refractivity contribution in [2.45, 2.75) is 90.1 Å². The van der Waals surface area contributed by atoms with Crippen molar-refractivity contribution in [2.75, 3.05) is 33.9 Å². The first kappa shape index (κ1) is 37.0. The van der Waals surface area contributed by atoms with E-state index in [2.05, 4.69) is 29.8 Å². The quantitative estimate of drug-likeness (QED) is 0.186. The van der Waals surface area contributed by atoms with Crippen LogP contribution in [0.4, 0.5) is 0 Å². The molecule has 10 nitrogen and oxygen atoms in total. The van der Waals surface area contributed by atoms with E-state index in [4.69, 9.17) is 9.47 Å². The molecule has 1 heterocycles. The SMILES string of the molecule is CC[C@H](C)C1(NC(=O)COC)CCN([C@@H](CCc2ccccc2)C(=O)N[C@@H](CC(C)C)[C@H](O)CNCc2cccc(OC)c2)C1=O. The third-order valence-corrected chi connectivity index (χ3v) is 9.04.